The largest absolute Gasteiger partial charge is 0.452 e. The highest BCUT2D eigenvalue weighted by atomic mass is 19.4. The van der Waals surface area contributed by atoms with Crippen molar-refractivity contribution < 1.29 is 32.4 Å². The van der Waals surface area contributed by atoms with Crippen molar-refractivity contribution in [2.24, 2.45) is 0 Å². The average molecular weight is 368 g/mol. The van der Waals surface area contributed by atoms with E-state index in [1.807, 2.05) is 0 Å². The molecule has 1 amide bonds. The summed E-state index contributed by atoms with van der Waals surface area (Å²) in [6, 6.07) is 8.64. The Balaban J connectivity index is 1.96. The highest BCUT2D eigenvalue weighted by Gasteiger charge is 2.31. The molecule has 0 fully saturated rings. The number of hydrogen-bond donors (Lipinski definition) is 1. The van der Waals surface area contributed by atoms with Crippen LogP contribution in [0.4, 0.5) is 24.5 Å². The second-order valence-corrected chi connectivity index (χ2v) is 5.01. The second kappa shape index (κ2) is 7.64. The molecule has 0 aromatic heterocycles. The molecule has 0 heterocycles. The smallest absolute Gasteiger partial charge is 0.416 e. The quantitative estimate of drug-likeness (QED) is 0.495. The molecule has 0 aliphatic carbocycles. The molecule has 0 saturated heterocycles. The Bertz CT molecular complexity index is 852. The van der Waals surface area contributed by atoms with E-state index in [1.165, 1.54) is 18.2 Å². The molecule has 26 heavy (non-hydrogen) atoms. The van der Waals surface area contributed by atoms with Crippen molar-refractivity contribution in [2.75, 3.05) is 11.9 Å². The van der Waals surface area contributed by atoms with E-state index in [0.29, 0.717) is 6.07 Å². The molecule has 0 spiro atoms. The van der Waals surface area contributed by atoms with Gasteiger partial charge in [0.25, 0.3) is 11.6 Å². The molecule has 2 rings (SSSR count). The number of nitrogens with one attached hydrogen (secondary N) is 1. The molecule has 2 aromatic rings. The third-order valence-electron chi connectivity index (χ3n) is 3.10. The Morgan fingerprint density at radius 1 is 1.12 bits per heavy atom. The number of carbonyl (C=O) groups is 2. The van der Waals surface area contributed by atoms with Gasteiger partial charge in [0.1, 0.15) is 0 Å². The molecule has 0 aliphatic rings. The summed E-state index contributed by atoms with van der Waals surface area (Å²) in [5, 5.41) is 12.9. The van der Waals surface area contributed by atoms with E-state index in [1.54, 1.807) is 0 Å². The minimum atomic E-state index is -4.62. The maximum atomic E-state index is 12.6. The van der Waals surface area contributed by atoms with Crippen molar-refractivity contribution >= 4 is 23.3 Å². The number of nitro groups is 1. The van der Waals surface area contributed by atoms with Crippen molar-refractivity contribution in [3.8, 4) is 0 Å². The van der Waals surface area contributed by atoms with Crippen molar-refractivity contribution in [1.82, 2.24) is 0 Å². The van der Waals surface area contributed by atoms with E-state index in [0.717, 1.165) is 24.3 Å². The van der Waals surface area contributed by atoms with Gasteiger partial charge in [-0.1, -0.05) is 12.1 Å². The zero-order chi connectivity index (χ0) is 19.3. The number of benzene rings is 2. The van der Waals surface area contributed by atoms with Crippen LogP contribution in [0.15, 0.2) is 48.5 Å². The van der Waals surface area contributed by atoms with E-state index in [-0.39, 0.29) is 16.9 Å². The molecular formula is C16H11F3N2O5. The lowest BCUT2D eigenvalue weighted by molar-refractivity contribution is -0.384. The fourth-order valence-electron chi connectivity index (χ4n) is 1.93. The van der Waals surface area contributed by atoms with E-state index in [9.17, 15) is 32.9 Å². The van der Waals surface area contributed by atoms with E-state index in [2.05, 4.69) is 10.1 Å². The summed E-state index contributed by atoms with van der Waals surface area (Å²) in [4.78, 5) is 33.5. The van der Waals surface area contributed by atoms with Gasteiger partial charge in [-0.3, -0.25) is 14.9 Å². The molecule has 1 N–H and O–H groups in total. The minimum Gasteiger partial charge on any atom is -0.452 e. The lowest BCUT2D eigenvalue weighted by Gasteiger charge is -2.09. The number of amides is 1. The van der Waals surface area contributed by atoms with Crippen LogP contribution >= 0.6 is 0 Å². The van der Waals surface area contributed by atoms with Crippen LogP contribution in [0.25, 0.3) is 0 Å². The van der Waals surface area contributed by atoms with Gasteiger partial charge in [-0.05, 0) is 24.3 Å². The third-order valence-corrected chi connectivity index (χ3v) is 3.10. The number of carbonyl (C=O) groups excluding carboxylic acids is 2. The fourth-order valence-corrected chi connectivity index (χ4v) is 1.93. The Labute approximate surface area is 144 Å². The highest BCUT2D eigenvalue weighted by Crippen LogP contribution is 2.29. The van der Waals surface area contributed by atoms with Crippen molar-refractivity contribution in [3.05, 3.63) is 69.8 Å². The Morgan fingerprint density at radius 2 is 1.81 bits per heavy atom. The first-order valence-corrected chi connectivity index (χ1v) is 7.05. The van der Waals surface area contributed by atoms with E-state index < -0.39 is 35.1 Å². The molecule has 0 aliphatic heterocycles. The van der Waals surface area contributed by atoms with Crippen molar-refractivity contribution in [3.63, 3.8) is 0 Å². The summed E-state index contributed by atoms with van der Waals surface area (Å²) >= 11 is 0. The maximum absolute atomic E-state index is 12.6. The highest BCUT2D eigenvalue weighted by molar-refractivity contribution is 5.95. The first-order valence-electron chi connectivity index (χ1n) is 7.05. The molecule has 0 atom stereocenters. The number of alkyl halides is 3. The maximum Gasteiger partial charge on any atom is 0.416 e. The number of nitro benzene ring substituents is 1. The van der Waals surface area contributed by atoms with Gasteiger partial charge in [-0.2, -0.15) is 13.2 Å². The molecular weight excluding hydrogens is 357 g/mol. The first kappa shape index (κ1) is 18.9. The fraction of sp³-hybridized carbons (Fsp3) is 0.125. The summed E-state index contributed by atoms with van der Waals surface area (Å²) < 4.78 is 42.5. The van der Waals surface area contributed by atoms with E-state index in [4.69, 9.17) is 0 Å². The predicted octanol–water partition coefficient (Wildman–Crippen LogP) is 3.41. The summed E-state index contributed by atoms with van der Waals surface area (Å²) in [7, 11) is 0. The Hall–Kier alpha value is -3.43. The summed E-state index contributed by atoms with van der Waals surface area (Å²) in [5.41, 5.74) is -1.51. The Kier molecular flexibility index (Phi) is 5.55. The predicted molar refractivity (Wildman–Crippen MR) is 83.5 cm³/mol. The van der Waals surface area contributed by atoms with Crippen LogP contribution in [0.3, 0.4) is 0 Å². The monoisotopic (exact) mass is 368 g/mol. The molecule has 7 nitrogen and oxygen atoms in total. The number of halogens is 3. The summed E-state index contributed by atoms with van der Waals surface area (Å²) in [6.07, 6.45) is -4.62. The zero-order valence-electron chi connectivity index (χ0n) is 12.9. The first-order chi connectivity index (χ1) is 12.2. The summed E-state index contributed by atoms with van der Waals surface area (Å²) in [5.74, 6) is -1.91. The Morgan fingerprint density at radius 3 is 2.46 bits per heavy atom. The van der Waals surface area contributed by atoms with Crippen LogP contribution in [0.5, 0.6) is 0 Å². The van der Waals surface area contributed by atoms with Crippen LogP contribution in [-0.2, 0) is 15.7 Å². The number of esters is 1. The normalized spacial score (nSPS) is 10.9. The van der Waals surface area contributed by atoms with Crippen molar-refractivity contribution in [1.29, 1.82) is 0 Å². The minimum absolute atomic E-state index is 0.110. The summed E-state index contributed by atoms with van der Waals surface area (Å²) in [6.45, 7) is -0.766. The topological polar surface area (TPSA) is 98.5 Å². The van der Waals surface area contributed by atoms with Crippen LogP contribution < -0.4 is 5.32 Å². The van der Waals surface area contributed by atoms with Crippen LogP contribution in [0, 0.1) is 10.1 Å². The number of ether oxygens (including phenoxy) is 1. The average Bonchev–Trinajstić information content (AvgIpc) is 2.59. The molecule has 136 valence electrons. The third kappa shape index (κ3) is 5.03. The van der Waals surface area contributed by atoms with Crippen LogP contribution in [-0.4, -0.2) is 23.4 Å². The molecule has 0 unspecified atom stereocenters. The van der Waals surface area contributed by atoms with Crippen molar-refractivity contribution in [2.45, 2.75) is 6.18 Å². The van der Waals surface area contributed by atoms with Gasteiger partial charge in [0.2, 0.25) is 0 Å². The number of non-ortho nitro benzene ring substituents is 1. The molecule has 0 bridgehead atoms. The van der Waals surface area contributed by atoms with Gasteiger partial charge in [0, 0.05) is 17.8 Å². The van der Waals surface area contributed by atoms with Gasteiger partial charge in [0.05, 0.1) is 16.1 Å². The van der Waals surface area contributed by atoms with Gasteiger partial charge in [-0.15, -0.1) is 0 Å². The second-order valence-electron chi connectivity index (χ2n) is 5.01. The standard InChI is InChI=1S/C16H11F3N2O5/c17-16(18,19)11-4-1-3-10(7-11)15(23)26-9-14(22)20-12-5-2-6-13(8-12)21(24)25/h1-8H,9H2,(H,20,22). The van der Waals surface area contributed by atoms with Crippen LogP contribution in [0.1, 0.15) is 15.9 Å². The molecule has 10 heteroatoms. The van der Waals surface area contributed by atoms with Gasteiger partial charge in [0.15, 0.2) is 6.61 Å². The number of hydrogen-bond acceptors (Lipinski definition) is 5. The van der Waals surface area contributed by atoms with Crippen LogP contribution in [0.2, 0.25) is 0 Å². The van der Waals surface area contributed by atoms with Gasteiger partial charge in [-0.25, -0.2) is 4.79 Å². The molecule has 0 radical (unpaired) electrons. The number of nitrogens with zero attached hydrogens (tertiary/aromatic N) is 1. The van der Waals surface area contributed by atoms with Gasteiger partial charge >= 0.3 is 12.1 Å². The SMILES string of the molecule is O=C(COC(=O)c1cccc(C(F)(F)F)c1)Nc1cccc([N+](=O)[O-])c1. The lowest BCUT2D eigenvalue weighted by atomic mass is 10.1. The molecule has 0 saturated carbocycles. The van der Waals surface area contributed by atoms with E-state index >= 15 is 0 Å². The molecule has 2 aromatic carbocycles. The zero-order valence-corrected chi connectivity index (χ0v) is 12.9. The number of rotatable bonds is 5. The number of anilines is 1. The van der Waals surface area contributed by atoms with Gasteiger partial charge < -0.3 is 10.1 Å². The lowest BCUT2D eigenvalue weighted by Crippen LogP contribution is -2.21.